The van der Waals surface area contributed by atoms with Crippen LogP contribution in [0.1, 0.15) is 16.8 Å². The van der Waals surface area contributed by atoms with E-state index < -0.39 is 34.2 Å². The molecule has 0 aromatic heterocycles. The zero-order valence-electron chi connectivity index (χ0n) is 13.3. The Balaban J connectivity index is 1.92. The van der Waals surface area contributed by atoms with Gasteiger partial charge in [0.05, 0.1) is 16.1 Å². The van der Waals surface area contributed by atoms with E-state index in [1.165, 1.54) is 48.5 Å². The number of sulfonamides is 1. The van der Waals surface area contributed by atoms with Crippen LogP contribution in [-0.4, -0.2) is 31.3 Å². The Kier molecular flexibility index (Phi) is 6.04. The van der Waals surface area contributed by atoms with E-state index in [2.05, 4.69) is 5.32 Å². The zero-order valence-corrected chi connectivity index (χ0v) is 14.1. The number of hydrogen-bond donors (Lipinski definition) is 4. The molecule has 0 heterocycles. The molecule has 0 aliphatic carbocycles. The fraction of sp³-hybridized carbons (Fsp3) is 0.0625. The molecule has 0 aliphatic heterocycles. The Morgan fingerprint density at radius 1 is 0.885 bits per heavy atom. The number of hydrogen-bond acceptors (Lipinski definition) is 5. The van der Waals surface area contributed by atoms with Crippen LogP contribution in [0.4, 0.5) is 5.69 Å². The van der Waals surface area contributed by atoms with Crippen LogP contribution in [0.25, 0.3) is 0 Å². The Labute approximate surface area is 149 Å². The summed E-state index contributed by atoms with van der Waals surface area (Å²) in [5, 5.41) is 11.3. The third-order valence-electron chi connectivity index (χ3n) is 3.13. The molecule has 0 fully saturated rings. The number of carboxylic acid groups (broad SMARTS) is 1. The average molecular weight is 377 g/mol. The van der Waals surface area contributed by atoms with Crippen LogP contribution >= 0.6 is 0 Å². The number of carboxylic acids is 1. The smallest absolute Gasteiger partial charge is 0.337 e. The molecule has 9 nitrogen and oxygen atoms in total. The Hall–Kier alpha value is -3.24. The lowest BCUT2D eigenvalue weighted by molar-refractivity contribution is -0.127. The molecule has 0 spiro atoms. The molecular weight excluding hydrogens is 362 g/mol. The number of anilines is 1. The number of aromatic carboxylic acids is 1. The van der Waals surface area contributed by atoms with Crippen LogP contribution in [0, 0.1) is 0 Å². The highest BCUT2D eigenvalue weighted by Crippen LogP contribution is 2.15. The van der Waals surface area contributed by atoms with Crippen LogP contribution in [0.3, 0.4) is 0 Å². The molecule has 136 valence electrons. The molecule has 0 atom stereocenters. The Bertz CT molecular complexity index is 928. The highest BCUT2D eigenvalue weighted by atomic mass is 32.2. The predicted octanol–water partition coefficient (Wildman–Crippen LogP) is 0.723. The lowest BCUT2D eigenvalue weighted by Crippen LogP contribution is -2.42. The number of amides is 2. The van der Waals surface area contributed by atoms with Crippen molar-refractivity contribution in [2.24, 2.45) is 0 Å². The van der Waals surface area contributed by atoms with Gasteiger partial charge in [0.15, 0.2) is 0 Å². The van der Waals surface area contributed by atoms with Crippen LogP contribution in [0.15, 0.2) is 59.5 Å². The van der Waals surface area contributed by atoms with Gasteiger partial charge in [0.25, 0.3) is 10.0 Å². The molecule has 0 unspecified atom stereocenters. The van der Waals surface area contributed by atoms with Gasteiger partial charge in [-0.05, 0) is 24.3 Å². The van der Waals surface area contributed by atoms with Crippen molar-refractivity contribution in [2.75, 3.05) is 5.32 Å². The summed E-state index contributed by atoms with van der Waals surface area (Å²) in [6.07, 6.45) is -0.703. The molecule has 2 aromatic carbocycles. The monoisotopic (exact) mass is 377 g/mol. The largest absolute Gasteiger partial charge is 0.478 e. The summed E-state index contributed by atoms with van der Waals surface area (Å²) in [7, 11) is -3.96. The van der Waals surface area contributed by atoms with Gasteiger partial charge in [-0.25, -0.2) is 13.2 Å². The summed E-state index contributed by atoms with van der Waals surface area (Å²) < 4.78 is 23.9. The maximum absolute atomic E-state index is 11.9. The second-order valence-corrected chi connectivity index (χ2v) is 6.72. The number of benzene rings is 2. The maximum Gasteiger partial charge on any atom is 0.337 e. The van der Waals surface area contributed by atoms with Crippen molar-refractivity contribution in [3.8, 4) is 0 Å². The molecule has 26 heavy (non-hydrogen) atoms. The van der Waals surface area contributed by atoms with Crippen LogP contribution in [0.2, 0.25) is 0 Å². The summed E-state index contributed by atoms with van der Waals surface area (Å²) in [4.78, 5) is 36.5. The first-order valence-corrected chi connectivity index (χ1v) is 8.76. The van der Waals surface area contributed by atoms with E-state index in [1.54, 1.807) is 6.07 Å². The minimum atomic E-state index is -3.96. The zero-order chi connectivity index (χ0) is 19.2. The van der Waals surface area contributed by atoms with Crippen LogP contribution in [0.5, 0.6) is 0 Å². The molecule has 0 radical (unpaired) electrons. The van der Waals surface area contributed by atoms with Gasteiger partial charge in [0.1, 0.15) is 6.42 Å². The first-order valence-electron chi connectivity index (χ1n) is 7.27. The van der Waals surface area contributed by atoms with Gasteiger partial charge in [-0.3, -0.25) is 15.0 Å². The van der Waals surface area contributed by atoms with Gasteiger partial charge in [0.2, 0.25) is 11.8 Å². The summed E-state index contributed by atoms with van der Waals surface area (Å²) >= 11 is 0. The van der Waals surface area contributed by atoms with Gasteiger partial charge < -0.3 is 10.4 Å². The van der Waals surface area contributed by atoms with Crippen molar-refractivity contribution in [3.63, 3.8) is 0 Å². The first-order chi connectivity index (χ1) is 12.3. The molecule has 4 N–H and O–H groups in total. The van der Waals surface area contributed by atoms with Crippen molar-refractivity contribution in [3.05, 3.63) is 60.2 Å². The lowest BCUT2D eigenvalue weighted by Gasteiger charge is -2.10. The van der Waals surface area contributed by atoms with Crippen molar-refractivity contribution >= 4 is 33.5 Å². The molecule has 10 heteroatoms. The third-order valence-corrected chi connectivity index (χ3v) is 4.39. The van der Waals surface area contributed by atoms with Crippen molar-refractivity contribution in [2.45, 2.75) is 11.3 Å². The van der Waals surface area contributed by atoms with Gasteiger partial charge >= 0.3 is 5.97 Å². The number of carbonyl (C=O) groups excluding carboxylic acids is 2. The van der Waals surface area contributed by atoms with Crippen molar-refractivity contribution in [1.29, 1.82) is 0 Å². The number of rotatable bonds is 7. The van der Waals surface area contributed by atoms with E-state index in [9.17, 15) is 22.8 Å². The standard InChI is InChI=1S/C16H15N3O6S/c20-14(17-13-9-5-4-8-12(13)16(22)23)10-15(21)18-19-26(24,25)11-6-2-1-3-7-11/h1-9,19H,10H2,(H,17,20)(H,18,21)(H,22,23). The van der Waals surface area contributed by atoms with E-state index in [1.807, 2.05) is 10.3 Å². The summed E-state index contributed by atoms with van der Waals surface area (Å²) in [6, 6.07) is 13.0. The van der Waals surface area contributed by atoms with E-state index in [0.29, 0.717) is 0 Å². The van der Waals surface area contributed by atoms with Gasteiger partial charge in [-0.2, -0.15) is 0 Å². The molecular formula is C16H15N3O6S. The second-order valence-electron chi connectivity index (χ2n) is 5.04. The van der Waals surface area contributed by atoms with E-state index in [-0.39, 0.29) is 16.1 Å². The molecule has 0 saturated heterocycles. The Morgan fingerprint density at radius 3 is 2.15 bits per heavy atom. The molecule has 2 rings (SSSR count). The molecule has 0 bridgehead atoms. The molecule has 0 aliphatic rings. The second kappa shape index (κ2) is 8.23. The lowest BCUT2D eigenvalue weighted by atomic mass is 10.2. The van der Waals surface area contributed by atoms with E-state index in [4.69, 9.17) is 5.11 Å². The van der Waals surface area contributed by atoms with E-state index >= 15 is 0 Å². The van der Waals surface area contributed by atoms with E-state index in [0.717, 1.165) is 0 Å². The average Bonchev–Trinajstić information content (AvgIpc) is 2.61. The molecule has 0 saturated carbocycles. The van der Waals surface area contributed by atoms with Crippen molar-refractivity contribution < 1.29 is 27.9 Å². The van der Waals surface area contributed by atoms with Gasteiger partial charge in [0, 0.05) is 0 Å². The number of para-hydroxylation sites is 1. The van der Waals surface area contributed by atoms with Crippen LogP contribution in [-0.2, 0) is 19.6 Å². The quantitative estimate of drug-likeness (QED) is 0.414. The summed E-state index contributed by atoms with van der Waals surface area (Å²) in [5.74, 6) is -2.94. The highest BCUT2D eigenvalue weighted by molar-refractivity contribution is 7.89. The SMILES string of the molecule is O=C(CC(=O)Nc1ccccc1C(=O)O)NNS(=O)(=O)c1ccccc1. The third kappa shape index (κ3) is 5.13. The number of carbonyl (C=O) groups is 3. The fourth-order valence-electron chi connectivity index (χ4n) is 1.95. The van der Waals surface area contributed by atoms with Crippen molar-refractivity contribution in [1.82, 2.24) is 10.3 Å². The number of hydrazine groups is 1. The molecule has 2 amide bonds. The normalized spacial score (nSPS) is 10.8. The maximum atomic E-state index is 11.9. The van der Waals surface area contributed by atoms with Gasteiger partial charge in [-0.15, -0.1) is 4.83 Å². The topological polar surface area (TPSA) is 142 Å². The fourth-order valence-corrected chi connectivity index (χ4v) is 2.83. The first kappa shape index (κ1) is 19.1. The highest BCUT2D eigenvalue weighted by Gasteiger charge is 2.17. The van der Waals surface area contributed by atoms with Crippen LogP contribution < -0.4 is 15.6 Å². The van der Waals surface area contributed by atoms with Gasteiger partial charge in [-0.1, -0.05) is 30.3 Å². The number of nitrogens with one attached hydrogen (secondary N) is 3. The molecule has 2 aromatic rings. The Morgan fingerprint density at radius 2 is 1.50 bits per heavy atom. The minimum Gasteiger partial charge on any atom is -0.478 e. The minimum absolute atomic E-state index is 0.0302. The predicted molar refractivity (Wildman–Crippen MR) is 91.6 cm³/mol. The summed E-state index contributed by atoms with van der Waals surface area (Å²) in [5.41, 5.74) is 1.82. The summed E-state index contributed by atoms with van der Waals surface area (Å²) in [6.45, 7) is 0.